The van der Waals surface area contributed by atoms with Crippen molar-refractivity contribution in [1.82, 2.24) is 9.88 Å². The van der Waals surface area contributed by atoms with Gasteiger partial charge in [0.1, 0.15) is 17.7 Å². The number of aromatic amines is 1. The number of rotatable bonds is 3. The van der Waals surface area contributed by atoms with E-state index in [4.69, 9.17) is 9.47 Å². The largest absolute Gasteiger partial charge is 0.493 e. The standard InChI is InChI=1S/C23H22F2N2O3/c1-12(28)27-11-23(6-7-23)20-15-9-18(29-2)19(30-3)10-17(15)26-21(20)22(27)14-5-4-13(24)8-16(14)25/h4-5,8-10,22,26H,6-7,11H2,1-3H3. The molecule has 1 amide bonds. The molecule has 0 bridgehead atoms. The topological polar surface area (TPSA) is 54.6 Å². The van der Waals surface area contributed by atoms with Gasteiger partial charge in [-0.15, -0.1) is 0 Å². The molecule has 2 aliphatic rings. The minimum atomic E-state index is -0.669. The van der Waals surface area contributed by atoms with Crippen molar-refractivity contribution in [2.24, 2.45) is 0 Å². The molecule has 30 heavy (non-hydrogen) atoms. The third kappa shape index (κ3) is 2.61. The summed E-state index contributed by atoms with van der Waals surface area (Å²) in [6, 6.07) is 6.65. The monoisotopic (exact) mass is 412 g/mol. The molecule has 1 unspecified atom stereocenters. The van der Waals surface area contributed by atoms with E-state index < -0.39 is 17.7 Å². The fourth-order valence-corrected chi connectivity index (χ4v) is 4.87. The van der Waals surface area contributed by atoms with Crippen molar-refractivity contribution in [1.29, 1.82) is 0 Å². The summed E-state index contributed by atoms with van der Waals surface area (Å²) in [7, 11) is 3.16. The van der Waals surface area contributed by atoms with Crippen LogP contribution < -0.4 is 9.47 Å². The number of methoxy groups -OCH3 is 2. The highest BCUT2D eigenvalue weighted by Gasteiger charge is 2.54. The normalized spacial score (nSPS) is 19.1. The predicted octanol–water partition coefficient (Wildman–Crippen LogP) is 4.45. The molecule has 3 aromatic rings. The number of fused-ring (bicyclic) bond motifs is 4. The van der Waals surface area contributed by atoms with Gasteiger partial charge < -0.3 is 19.4 Å². The average molecular weight is 412 g/mol. The lowest BCUT2D eigenvalue weighted by molar-refractivity contribution is -0.131. The molecular weight excluding hydrogens is 390 g/mol. The Bertz CT molecular complexity index is 1180. The van der Waals surface area contributed by atoms with Crippen LogP contribution in [-0.2, 0) is 10.2 Å². The number of hydrogen-bond acceptors (Lipinski definition) is 3. The summed E-state index contributed by atoms with van der Waals surface area (Å²) in [5.74, 6) is -0.263. The van der Waals surface area contributed by atoms with Gasteiger partial charge in [0.15, 0.2) is 11.5 Å². The third-order valence-corrected chi connectivity index (χ3v) is 6.44. The van der Waals surface area contributed by atoms with Crippen molar-refractivity contribution in [3.05, 3.63) is 58.8 Å². The number of carbonyl (C=O) groups is 1. The van der Waals surface area contributed by atoms with Crippen LogP contribution >= 0.6 is 0 Å². The Morgan fingerprint density at radius 1 is 1.13 bits per heavy atom. The number of amides is 1. The molecule has 2 heterocycles. The Balaban J connectivity index is 1.80. The predicted molar refractivity (Wildman–Crippen MR) is 108 cm³/mol. The molecule has 5 rings (SSSR count). The molecule has 1 aliphatic heterocycles. The summed E-state index contributed by atoms with van der Waals surface area (Å²) in [4.78, 5) is 17.7. The summed E-state index contributed by atoms with van der Waals surface area (Å²) >= 11 is 0. The van der Waals surface area contributed by atoms with Crippen molar-refractivity contribution in [3.8, 4) is 11.5 Å². The lowest BCUT2D eigenvalue weighted by Crippen LogP contribution is -2.44. The second kappa shape index (κ2) is 6.45. The van der Waals surface area contributed by atoms with E-state index in [0.717, 1.165) is 41.1 Å². The van der Waals surface area contributed by atoms with E-state index in [2.05, 4.69) is 4.98 Å². The number of halogens is 2. The lowest BCUT2D eigenvalue weighted by Gasteiger charge is -2.40. The molecule has 1 atom stereocenters. The highest BCUT2D eigenvalue weighted by atomic mass is 19.1. The first-order valence-electron chi connectivity index (χ1n) is 9.89. The second-order valence-electron chi connectivity index (χ2n) is 8.16. The molecule has 5 nitrogen and oxygen atoms in total. The molecule has 2 aromatic carbocycles. The zero-order chi connectivity index (χ0) is 21.2. The molecular formula is C23H22F2N2O3. The number of benzene rings is 2. The maximum absolute atomic E-state index is 14.8. The van der Waals surface area contributed by atoms with Gasteiger partial charge in [-0.2, -0.15) is 0 Å². The smallest absolute Gasteiger partial charge is 0.220 e. The quantitative estimate of drug-likeness (QED) is 0.692. The van der Waals surface area contributed by atoms with Crippen molar-refractivity contribution >= 4 is 16.8 Å². The van der Waals surface area contributed by atoms with Crippen LogP contribution in [0.1, 0.15) is 42.6 Å². The van der Waals surface area contributed by atoms with Crippen LogP contribution in [0.5, 0.6) is 11.5 Å². The van der Waals surface area contributed by atoms with Crippen LogP contribution in [0.2, 0.25) is 0 Å². The van der Waals surface area contributed by atoms with Gasteiger partial charge >= 0.3 is 0 Å². The fourth-order valence-electron chi connectivity index (χ4n) is 4.87. The molecule has 1 N–H and O–H groups in total. The number of ether oxygens (including phenoxy) is 2. The average Bonchev–Trinajstić information content (AvgIpc) is 3.37. The number of nitrogens with one attached hydrogen (secondary N) is 1. The molecule has 1 saturated carbocycles. The number of aromatic nitrogens is 1. The van der Waals surface area contributed by atoms with E-state index >= 15 is 0 Å². The maximum Gasteiger partial charge on any atom is 0.220 e. The zero-order valence-corrected chi connectivity index (χ0v) is 17.0. The van der Waals surface area contributed by atoms with Crippen molar-refractivity contribution < 1.29 is 23.0 Å². The van der Waals surface area contributed by atoms with E-state index in [9.17, 15) is 13.6 Å². The maximum atomic E-state index is 14.8. The Hall–Kier alpha value is -3.09. The van der Waals surface area contributed by atoms with Gasteiger partial charge in [-0.1, -0.05) is 6.07 Å². The summed E-state index contributed by atoms with van der Waals surface area (Å²) in [5, 5.41) is 0.982. The number of hydrogen-bond donors (Lipinski definition) is 1. The molecule has 1 fully saturated rings. The molecule has 0 radical (unpaired) electrons. The van der Waals surface area contributed by atoms with E-state index in [1.165, 1.54) is 19.1 Å². The summed E-state index contributed by atoms with van der Waals surface area (Å²) < 4.78 is 39.3. The Morgan fingerprint density at radius 2 is 1.83 bits per heavy atom. The van der Waals surface area contributed by atoms with Crippen molar-refractivity contribution in [2.45, 2.75) is 31.2 Å². The molecule has 0 saturated heterocycles. The van der Waals surface area contributed by atoms with Gasteiger partial charge in [0.05, 0.1) is 14.2 Å². The summed E-state index contributed by atoms with van der Waals surface area (Å²) in [5.41, 5.74) is 2.80. The molecule has 1 aliphatic carbocycles. The Morgan fingerprint density at radius 3 is 2.43 bits per heavy atom. The lowest BCUT2D eigenvalue weighted by atomic mass is 9.83. The van der Waals surface area contributed by atoms with Gasteiger partial charge in [0, 0.05) is 53.2 Å². The summed E-state index contributed by atoms with van der Waals surface area (Å²) in [6.45, 7) is 1.99. The van der Waals surface area contributed by atoms with Gasteiger partial charge in [0.2, 0.25) is 5.91 Å². The van der Waals surface area contributed by atoms with Gasteiger partial charge in [0.25, 0.3) is 0 Å². The van der Waals surface area contributed by atoms with Crippen LogP contribution in [0.15, 0.2) is 30.3 Å². The van der Waals surface area contributed by atoms with Crippen LogP contribution in [0.4, 0.5) is 8.78 Å². The molecule has 156 valence electrons. The number of carbonyl (C=O) groups excluding carboxylic acids is 1. The van der Waals surface area contributed by atoms with Crippen LogP contribution in [0, 0.1) is 11.6 Å². The number of H-pyrrole nitrogens is 1. The molecule has 1 aromatic heterocycles. The minimum Gasteiger partial charge on any atom is -0.493 e. The van der Waals surface area contributed by atoms with E-state index in [1.807, 2.05) is 12.1 Å². The molecule has 7 heteroatoms. The SMILES string of the molecule is COc1cc2[nH]c3c(c2cc1OC)C1(CC1)CN(C(C)=O)C3c1ccc(F)cc1F. The van der Waals surface area contributed by atoms with Crippen LogP contribution in [-0.4, -0.2) is 36.6 Å². The highest BCUT2D eigenvalue weighted by molar-refractivity contribution is 5.91. The first-order valence-corrected chi connectivity index (χ1v) is 9.89. The Labute approximate surface area is 172 Å². The van der Waals surface area contributed by atoms with Crippen LogP contribution in [0.3, 0.4) is 0 Å². The number of nitrogens with zero attached hydrogens (tertiary/aromatic N) is 1. The van der Waals surface area contributed by atoms with Crippen LogP contribution in [0.25, 0.3) is 10.9 Å². The minimum absolute atomic E-state index is 0.144. The fraction of sp³-hybridized carbons (Fsp3) is 0.348. The van der Waals surface area contributed by atoms with E-state index in [0.29, 0.717) is 18.0 Å². The van der Waals surface area contributed by atoms with E-state index in [-0.39, 0.29) is 16.9 Å². The summed E-state index contributed by atoms with van der Waals surface area (Å²) in [6.07, 6.45) is 1.90. The zero-order valence-electron chi connectivity index (χ0n) is 17.0. The van der Waals surface area contributed by atoms with Gasteiger partial charge in [-0.05, 0) is 30.5 Å². The van der Waals surface area contributed by atoms with E-state index in [1.54, 1.807) is 19.1 Å². The van der Waals surface area contributed by atoms with Gasteiger partial charge in [-0.3, -0.25) is 4.79 Å². The Kier molecular flexibility index (Phi) is 4.07. The first-order chi connectivity index (χ1) is 14.4. The highest BCUT2D eigenvalue weighted by Crippen LogP contribution is 2.58. The van der Waals surface area contributed by atoms with Crippen molar-refractivity contribution in [3.63, 3.8) is 0 Å². The first kappa shape index (κ1) is 18.9. The molecule has 1 spiro atoms. The third-order valence-electron chi connectivity index (χ3n) is 6.44. The second-order valence-corrected chi connectivity index (χ2v) is 8.16. The van der Waals surface area contributed by atoms with Crippen molar-refractivity contribution in [2.75, 3.05) is 20.8 Å². The van der Waals surface area contributed by atoms with Gasteiger partial charge in [-0.25, -0.2) is 8.78 Å².